The van der Waals surface area contributed by atoms with Crippen LogP contribution in [0.5, 0.6) is 0 Å². The lowest BCUT2D eigenvalue weighted by Crippen LogP contribution is -2.30. The van der Waals surface area contributed by atoms with Gasteiger partial charge in [0.15, 0.2) is 0 Å². The lowest BCUT2D eigenvalue weighted by atomic mass is 10.2. The molecule has 1 aliphatic rings. The molecule has 0 radical (unpaired) electrons. The lowest BCUT2D eigenvalue weighted by molar-refractivity contribution is 0.189. The fraction of sp³-hybridized carbons (Fsp3) is 0.455. The van der Waals surface area contributed by atoms with E-state index in [0.717, 1.165) is 0 Å². The quantitative estimate of drug-likeness (QED) is 0.888. The van der Waals surface area contributed by atoms with Crippen LogP contribution in [0.3, 0.4) is 0 Å². The molecule has 4 nitrogen and oxygen atoms in total. The van der Waals surface area contributed by atoms with Crippen LogP contribution in [-0.4, -0.2) is 37.0 Å². The minimum Gasteiger partial charge on any atom is -0.392 e. The Balaban J connectivity index is 2.41. The Bertz CT molecular complexity index is 530. The summed E-state index contributed by atoms with van der Waals surface area (Å²) in [6, 6.07) is 4.80. The van der Waals surface area contributed by atoms with Gasteiger partial charge in [0.05, 0.1) is 11.0 Å². The second-order valence-electron chi connectivity index (χ2n) is 4.22. The largest absolute Gasteiger partial charge is 0.392 e. The van der Waals surface area contributed by atoms with Gasteiger partial charge in [0.1, 0.15) is 0 Å². The minimum atomic E-state index is -3.54. The van der Waals surface area contributed by atoms with Crippen molar-refractivity contribution in [2.45, 2.75) is 24.3 Å². The summed E-state index contributed by atoms with van der Waals surface area (Å²) < 4.78 is 25.9. The Morgan fingerprint density at radius 2 is 2.18 bits per heavy atom. The molecule has 17 heavy (non-hydrogen) atoms. The summed E-state index contributed by atoms with van der Waals surface area (Å²) in [7, 11) is -3.54. The summed E-state index contributed by atoms with van der Waals surface area (Å²) in [5, 5.41) is 9.80. The van der Waals surface area contributed by atoms with Crippen LogP contribution in [0.4, 0.5) is 0 Å². The summed E-state index contributed by atoms with van der Waals surface area (Å²) in [5.74, 6) is 0. The predicted molar refractivity (Wildman–Crippen MR) is 65.6 cm³/mol. The number of rotatable bonds is 2. The molecule has 1 unspecified atom stereocenters. The van der Waals surface area contributed by atoms with Crippen molar-refractivity contribution in [2.75, 3.05) is 13.1 Å². The number of aryl methyl sites for hydroxylation is 1. The average Bonchev–Trinajstić information content (AvgIpc) is 2.69. The topological polar surface area (TPSA) is 57.6 Å². The maximum Gasteiger partial charge on any atom is 0.243 e. The number of hydrogen-bond donors (Lipinski definition) is 1. The van der Waals surface area contributed by atoms with Crippen molar-refractivity contribution in [3.8, 4) is 0 Å². The van der Waals surface area contributed by atoms with E-state index >= 15 is 0 Å². The first kappa shape index (κ1) is 12.8. The first-order chi connectivity index (χ1) is 7.91. The first-order valence-corrected chi connectivity index (χ1v) is 7.17. The van der Waals surface area contributed by atoms with Gasteiger partial charge >= 0.3 is 0 Å². The van der Waals surface area contributed by atoms with Crippen LogP contribution < -0.4 is 0 Å². The van der Waals surface area contributed by atoms with Crippen molar-refractivity contribution in [3.63, 3.8) is 0 Å². The van der Waals surface area contributed by atoms with E-state index < -0.39 is 16.1 Å². The zero-order chi connectivity index (χ0) is 12.6. The lowest BCUT2D eigenvalue weighted by Gasteiger charge is -2.17. The van der Waals surface area contributed by atoms with Crippen LogP contribution >= 0.6 is 11.6 Å². The Hall–Kier alpha value is -0.620. The fourth-order valence-corrected chi connectivity index (χ4v) is 3.90. The standard InChI is InChI=1S/C11H14ClNO3S/c1-8-2-3-9(12)6-11(8)17(15,16)13-5-4-10(14)7-13/h2-3,6,10,14H,4-5,7H2,1H3. The van der Waals surface area contributed by atoms with Crippen LogP contribution in [0.15, 0.2) is 23.1 Å². The predicted octanol–water partition coefficient (Wildman–Crippen LogP) is 1.40. The molecule has 94 valence electrons. The summed E-state index contributed by atoms with van der Waals surface area (Å²) in [6.45, 7) is 2.25. The smallest absolute Gasteiger partial charge is 0.243 e. The van der Waals surface area contributed by atoms with Gasteiger partial charge in [0.2, 0.25) is 10.0 Å². The number of benzene rings is 1. The number of hydrogen-bond acceptors (Lipinski definition) is 3. The minimum absolute atomic E-state index is 0.161. The molecule has 1 fully saturated rings. The van der Waals surface area contributed by atoms with Gasteiger partial charge in [-0.3, -0.25) is 0 Å². The van der Waals surface area contributed by atoms with Gasteiger partial charge in [-0.1, -0.05) is 17.7 Å². The monoisotopic (exact) mass is 275 g/mol. The van der Waals surface area contributed by atoms with E-state index in [-0.39, 0.29) is 11.4 Å². The zero-order valence-electron chi connectivity index (χ0n) is 9.43. The fourth-order valence-electron chi connectivity index (χ4n) is 1.92. The van der Waals surface area contributed by atoms with E-state index in [0.29, 0.717) is 23.6 Å². The van der Waals surface area contributed by atoms with Gasteiger partial charge in [-0.15, -0.1) is 0 Å². The van der Waals surface area contributed by atoms with Gasteiger partial charge < -0.3 is 5.11 Å². The summed E-state index contributed by atoms with van der Waals surface area (Å²) in [6.07, 6.45) is -0.0805. The molecule has 1 aromatic rings. The van der Waals surface area contributed by atoms with Crippen LogP contribution in [0.25, 0.3) is 0 Å². The van der Waals surface area contributed by atoms with Crippen molar-refractivity contribution in [1.82, 2.24) is 4.31 Å². The summed E-state index contributed by atoms with van der Waals surface area (Å²) in [4.78, 5) is 0.221. The van der Waals surface area contributed by atoms with Crippen molar-refractivity contribution in [1.29, 1.82) is 0 Å². The third-order valence-electron chi connectivity index (χ3n) is 2.89. The van der Waals surface area contributed by atoms with E-state index in [4.69, 9.17) is 11.6 Å². The normalized spacial score (nSPS) is 21.9. The van der Waals surface area contributed by atoms with Crippen molar-refractivity contribution in [2.24, 2.45) is 0 Å². The maximum atomic E-state index is 12.3. The molecule has 0 amide bonds. The Morgan fingerprint density at radius 3 is 2.76 bits per heavy atom. The number of aliphatic hydroxyl groups is 1. The zero-order valence-corrected chi connectivity index (χ0v) is 11.0. The Labute approximate surface area is 106 Å². The first-order valence-electron chi connectivity index (χ1n) is 5.35. The van der Waals surface area contributed by atoms with Crippen LogP contribution in [0.2, 0.25) is 5.02 Å². The molecule has 1 N–H and O–H groups in total. The van der Waals surface area contributed by atoms with Gasteiger partial charge in [-0.05, 0) is 31.0 Å². The van der Waals surface area contributed by atoms with Crippen LogP contribution in [0, 0.1) is 6.92 Å². The van der Waals surface area contributed by atoms with E-state index in [9.17, 15) is 13.5 Å². The Kier molecular flexibility index (Phi) is 3.45. The number of aliphatic hydroxyl groups excluding tert-OH is 1. The molecule has 1 aromatic carbocycles. The molecule has 0 bridgehead atoms. The molecule has 1 saturated heterocycles. The molecule has 0 aromatic heterocycles. The van der Waals surface area contributed by atoms with E-state index in [1.165, 1.54) is 10.4 Å². The number of sulfonamides is 1. The molecule has 1 heterocycles. The number of halogens is 1. The molecule has 1 aliphatic heterocycles. The molecule has 0 aliphatic carbocycles. The van der Waals surface area contributed by atoms with E-state index in [1.807, 2.05) is 0 Å². The summed E-state index contributed by atoms with van der Waals surface area (Å²) >= 11 is 5.83. The van der Waals surface area contributed by atoms with Gasteiger partial charge in [0, 0.05) is 18.1 Å². The highest BCUT2D eigenvalue weighted by Gasteiger charge is 2.32. The number of nitrogens with zero attached hydrogens (tertiary/aromatic N) is 1. The van der Waals surface area contributed by atoms with Crippen molar-refractivity contribution < 1.29 is 13.5 Å². The van der Waals surface area contributed by atoms with Crippen molar-refractivity contribution >= 4 is 21.6 Å². The molecule has 0 spiro atoms. The van der Waals surface area contributed by atoms with Crippen LogP contribution in [0.1, 0.15) is 12.0 Å². The SMILES string of the molecule is Cc1ccc(Cl)cc1S(=O)(=O)N1CCC(O)C1. The van der Waals surface area contributed by atoms with E-state index in [2.05, 4.69) is 0 Å². The third kappa shape index (κ3) is 2.47. The highest BCUT2D eigenvalue weighted by Crippen LogP contribution is 2.26. The van der Waals surface area contributed by atoms with E-state index in [1.54, 1.807) is 19.1 Å². The molecule has 0 saturated carbocycles. The Morgan fingerprint density at radius 1 is 1.47 bits per heavy atom. The highest BCUT2D eigenvalue weighted by atomic mass is 35.5. The van der Waals surface area contributed by atoms with Gasteiger partial charge in [-0.2, -0.15) is 4.31 Å². The second kappa shape index (κ2) is 4.57. The highest BCUT2D eigenvalue weighted by molar-refractivity contribution is 7.89. The van der Waals surface area contributed by atoms with Gasteiger partial charge in [0.25, 0.3) is 0 Å². The van der Waals surface area contributed by atoms with Crippen LogP contribution in [-0.2, 0) is 10.0 Å². The average molecular weight is 276 g/mol. The summed E-state index contributed by atoms with van der Waals surface area (Å²) in [5.41, 5.74) is 0.663. The maximum absolute atomic E-state index is 12.3. The molecular formula is C11H14ClNO3S. The molecule has 2 rings (SSSR count). The molecule has 6 heteroatoms. The van der Waals surface area contributed by atoms with Gasteiger partial charge in [-0.25, -0.2) is 8.42 Å². The molecular weight excluding hydrogens is 262 g/mol. The second-order valence-corrected chi connectivity index (χ2v) is 6.56. The molecule has 1 atom stereocenters. The third-order valence-corrected chi connectivity index (χ3v) is 5.14. The van der Waals surface area contributed by atoms with Crippen molar-refractivity contribution in [3.05, 3.63) is 28.8 Å². The number of β-amino-alcohol motifs (C(OH)–C–C–N with tert-alkyl or cyclic N) is 1.